The molecule has 0 bridgehead atoms. The van der Waals surface area contributed by atoms with Crippen molar-refractivity contribution in [3.8, 4) is 0 Å². The Labute approximate surface area is 94.2 Å². The van der Waals surface area contributed by atoms with Crippen molar-refractivity contribution in [2.75, 3.05) is 0 Å². The van der Waals surface area contributed by atoms with Crippen LogP contribution in [0.25, 0.3) is 0 Å². The highest BCUT2D eigenvalue weighted by Crippen LogP contribution is 2.06. The van der Waals surface area contributed by atoms with Crippen LogP contribution in [-0.2, 0) is 14.8 Å². The van der Waals surface area contributed by atoms with E-state index in [1.165, 1.54) is 26.0 Å². The van der Waals surface area contributed by atoms with Gasteiger partial charge in [-0.05, 0) is 19.1 Å². The molecule has 6 heteroatoms. The fourth-order valence-electron chi connectivity index (χ4n) is 0.860. The minimum absolute atomic E-state index is 0.107. The smallest absolute Gasteiger partial charge is 0.276 e. The molecule has 1 aromatic carbocycles. The van der Waals surface area contributed by atoms with Crippen LogP contribution in [-0.4, -0.2) is 19.9 Å². The van der Waals surface area contributed by atoms with Crippen LogP contribution in [0.2, 0.25) is 0 Å². The fourth-order valence-corrected chi connectivity index (χ4v) is 1.74. The molecule has 0 atom stereocenters. The van der Waals surface area contributed by atoms with Gasteiger partial charge in [0.15, 0.2) is 5.78 Å². The summed E-state index contributed by atoms with van der Waals surface area (Å²) in [6, 6.07) is 7.82. The van der Waals surface area contributed by atoms with Gasteiger partial charge in [0.25, 0.3) is 10.0 Å². The van der Waals surface area contributed by atoms with Crippen LogP contribution >= 0.6 is 0 Å². The molecule has 0 amide bonds. The Bertz CT molecular complexity index is 506. The maximum absolute atomic E-state index is 11.6. The standard InChI is InChI=1S/C10H12N2O3S/c1-8(9(2)13)11-12-16(14,15)10-6-4-3-5-7-10/h3-7,12H,1-2H3/b11-8-. The van der Waals surface area contributed by atoms with Crippen LogP contribution in [0.3, 0.4) is 0 Å². The molecule has 1 aromatic rings. The highest BCUT2D eigenvalue weighted by molar-refractivity contribution is 7.89. The predicted octanol–water partition coefficient (Wildman–Crippen LogP) is 0.930. The van der Waals surface area contributed by atoms with Crippen LogP contribution < -0.4 is 4.83 Å². The molecule has 1 rings (SSSR count). The van der Waals surface area contributed by atoms with E-state index in [9.17, 15) is 13.2 Å². The van der Waals surface area contributed by atoms with Crippen LogP contribution in [0.5, 0.6) is 0 Å². The summed E-state index contributed by atoms with van der Waals surface area (Å²) in [6.45, 7) is 2.76. The number of rotatable bonds is 4. The van der Waals surface area contributed by atoms with Crippen LogP contribution in [0, 0.1) is 0 Å². The van der Waals surface area contributed by atoms with E-state index in [2.05, 4.69) is 5.10 Å². The average Bonchev–Trinajstić information content (AvgIpc) is 2.27. The molecule has 16 heavy (non-hydrogen) atoms. The van der Waals surface area contributed by atoms with E-state index in [-0.39, 0.29) is 16.4 Å². The van der Waals surface area contributed by atoms with Crippen molar-refractivity contribution in [3.63, 3.8) is 0 Å². The van der Waals surface area contributed by atoms with Crippen LogP contribution in [0.4, 0.5) is 0 Å². The molecular weight excluding hydrogens is 228 g/mol. The van der Waals surface area contributed by atoms with Gasteiger partial charge in [0.2, 0.25) is 0 Å². The van der Waals surface area contributed by atoms with Gasteiger partial charge in [-0.15, -0.1) is 0 Å². The van der Waals surface area contributed by atoms with E-state index in [1.807, 2.05) is 4.83 Å². The summed E-state index contributed by atoms with van der Waals surface area (Å²) in [5.74, 6) is -0.282. The number of nitrogens with one attached hydrogen (secondary N) is 1. The van der Waals surface area contributed by atoms with Gasteiger partial charge in [-0.1, -0.05) is 18.2 Å². The van der Waals surface area contributed by atoms with Crippen molar-refractivity contribution in [1.29, 1.82) is 0 Å². The molecule has 0 aliphatic carbocycles. The molecule has 0 aromatic heterocycles. The monoisotopic (exact) mass is 240 g/mol. The molecule has 0 fully saturated rings. The van der Waals surface area contributed by atoms with E-state index in [0.29, 0.717) is 0 Å². The molecule has 0 saturated heterocycles. The maximum Gasteiger partial charge on any atom is 0.276 e. The van der Waals surface area contributed by atoms with Crippen molar-refractivity contribution < 1.29 is 13.2 Å². The number of hydrogen-bond acceptors (Lipinski definition) is 4. The Morgan fingerprint density at radius 1 is 1.19 bits per heavy atom. The summed E-state index contributed by atoms with van der Waals surface area (Å²) >= 11 is 0. The normalized spacial score (nSPS) is 12.2. The van der Waals surface area contributed by atoms with Crippen molar-refractivity contribution in [2.45, 2.75) is 18.7 Å². The topological polar surface area (TPSA) is 75.6 Å². The number of ketones is 1. The number of benzene rings is 1. The van der Waals surface area contributed by atoms with E-state index >= 15 is 0 Å². The molecule has 0 saturated carbocycles. The number of carbonyl (C=O) groups excluding carboxylic acids is 1. The van der Waals surface area contributed by atoms with E-state index in [0.717, 1.165) is 0 Å². The Morgan fingerprint density at radius 2 is 1.75 bits per heavy atom. The first-order valence-electron chi connectivity index (χ1n) is 4.55. The Kier molecular flexibility index (Phi) is 3.78. The van der Waals surface area contributed by atoms with Gasteiger partial charge >= 0.3 is 0 Å². The number of carbonyl (C=O) groups is 1. The first-order chi connectivity index (χ1) is 7.43. The van der Waals surface area contributed by atoms with Crippen LogP contribution in [0.15, 0.2) is 40.3 Å². The van der Waals surface area contributed by atoms with Gasteiger partial charge in [0, 0.05) is 6.92 Å². The summed E-state index contributed by atoms with van der Waals surface area (Å²) in [7, 11) is -3.68. The largest absolute Gasteiger partial charge is 0.293 e. The number of Topliss-reactive ketones (excluding diaryl/α,β-unsaturated/α-hetero) is 1. The SMILES string of the molecule is CC(=O)/C(C)=N\NS(=O)(=O)c1ccccc1. The highest BCUT2D eigenvalue weighted by Gasteiger charge is 2.12. The van der Waals surface area contributed by atoms with Gasteiger partial charge in [0.05, 0.1) is 4.90 Å². The van der Waals surface area contributed by atoms with Crippen molar-refractivity contribution >= 4 is 21.5 Å². The molecule has 5 nitrogen and oxygen atoms in total. The third-order valence-electron chi connectivity index (χ3n) is 1.90. The minimum Gasteiger partial charge on any atom is -0.293 e. The van der Waals surface area contributed by atoms with Crippen LogP contribution in [0.1, 0.15) is 13.8 Å². The zero-order chi connectivity index (χ0) is 12.2. The number of nitrogens with zero attached hydrogens (tertiary/aromatic N) is 1. The Morgan fingerprint density at radius 3 is 2.25 bits per heavy atom. The number of hydrazone groups is 1. The summed E-state index contributed by atoms with van der Waals surface area (Å²) in [6.07, 6.45) is 0. The third kappa shape index (κ3) is 3.16. The summed E-state index contributed by atoms with van der Waals surface area (Å²) in [5, 5.41) is 3.50. The zero-order valence-electron chi connectivity index (χ0n) is 8.97. The summed E-state index contributed by atoms with van der Waals surface area (Å²) < 4.78 is 23.3. The maximum atomic E-state index is 11.6. The lowest BCUT2D eigenvalue weighted by Crippen LogP contribution is -2.21. The lowest BCUT2D eigenvalue weighted by Gasteiger charge is -2.03. The lowest BCUT2D eigenvalue weighted by molar-refractivity contribution is -0.111. The first-order valence-corrected chi connectivity index (χ1v) is 6.04. The van der Waals surface area contributed by atoms with E-state index in [4.69, 9.17) is 0 Å². The molecule has 0 aliphatic heterocycles. The average molecular weight is 240 g/mol. The molecule has 0 radical (unpaired) electrons. The molecule has 0 spiro atoms. The molecule has 0 unspecified atom stereocenters. The second-order valence-electron chi connectivity index (χ2n) is 3.16. The van der Waals surface area contributed by atoms with Crippen molar-refractivity contribution in [2.24, 2.45) is 5.10 Å². The summed E-state index contributed by atoms with van der Waals surface area (Å²) in [4.78, 5) is 12.9. The molecule has 1 N–H and O–H groups in total. The molecular formula is C10H12N2O3S. The van der Waals surface area contributed by atoms with Gasteiger partial charge < -0.3 is 0 Å². The Balaban J connectivity index is 2.90. The quantitative estimate of drug-likeness (QED) is 0.628. The second kappa shape index (κ2) is 4.89. The second-order valence-corrected chi connectivity index (χ2v) is 4.82. The molecule has 86 valence electrons. The summed E-state index contributed by atoms with van der Waals surface area (Å²) in [5.41, 5.74) is 0.111. The van der Waals surface area contributed by atoms with E-state index in [1.54, 1.807) is 18.2 Å². The van der Waals surface area contributed by atoms with Gasteiger partial charge in [-0.2, -0.15) is 18.4 Å². The zero-order valence-corrected chi connectivity index (χ0v) is 9.78. The fraction of sp³-hybridized carbons (Fsp3) is 0.200. The van der Waals surface area contributed by atoms with Gasteiger partial charge in [0.1, 0.15) is 5.71 Å². The van der Waals surface area contributed by atoms with Crippen molar-refractivity contribution in [1.82, 2.24) is 4.83 Å². The van der Waals surface area contributed by atoms with Gasteiger partial charge in [-0.25, -0.2) is 0 Å². The Hall–Kier alpha value is -1.69. The number of hydrogen-bond donors (Lipinski definition) is 1. The first kappa shape index (κ1) is 12.4. The van der Waals surface area contributed by atoms with Crippen molar-refractivity contribution in [3.05, 3.63) is 30.3 Å². The van der Waals surface area contributed by atoms with Gasteiger partial charge in [-0.3, -0.25) is 4.79 Å². The molecule has 0 heterocycles. The predicted molar refractivity (Wildman–Crippen MR) is 60.6 cm³/mol. The number of sulfonamides is 1. The molecule has 0 aliphatic rings. The minimum atomic E-state index is -3.68. The lowest BCUT2D eigenvalue weighted by atomic mass is 10.3. The highest BCUT2D eigenvalue weighted by atomic mass is 32.2. The third-order valence-corrected chi connectivity index (χ3v) is 3.12. The van der Waals surface area contributed by atoms with E-state index < -0.39 is 10.0 Å².